The van der Waals surface area contributed by atoms with Crippen LogP contribution in [0.1, 0.15) is 11.1 Å². The third-order valence-corrected chi connectivity index (χ3v) is 3.67. The lowest BCUT2D eigenvalue weighted by Crippen LogP contribution is -1.92. The molecule has 0 aliphatic carbocycles. The predicted molar refractivity (Wildman–Crippen MR) is 71.5 cm³/mol. The Hall–Kier alpha value is -2.06. The Morgan fingerprint density at radius 3 is 2.53 bits per heavy atom. The van der Waals surface area contributed by atoms with Crippen LogP contribution in [0.3, 0.4) is 0 Å². The smallest absolute Gasteiger partial charge is 0.124 e. The predicted octanol–water partition coefficient (Wildman–Crippen LogP) is 3.71. The summed E-state index contributed by atoms with van der Waals surface area (Å²) in [5.74, 6) is -0.386. The molecule has 0 spiro atoms. The molecule has 0 amide bonds. The molecule has 2 aromatic carbocycles. The molecular weight excluding hydrogens is 266 g/mol. The van der Waals surface area contributed by atoms with Crippen molar-refractivity contribution in [2.75, 3.05) is 5.73 Å². The minimum Gasteiger partial charge on any atom is -0.398 e. The zero-order chi connectivity index (χ0) is 13.8. The molecule has 0 fully saturated rings. The molecule has 0 bridgehead atoms. The van der Waals surface area contributed by atoms with Gasteiger partial charge in [-0.1, -0.05) is 6.07 Å². The highest BCUT2D eigenvalue weighted by Gasteiger charge is 2.07. The molecule has 2 rings (SSSR count). The first-order valence-electron chi connectivity index (χ1n) is 5.46. The molecule has 0 saturated heterocycles. The molecule has 0 saturated carbocycles. The lowest BCUT2D eigenvalue weighted by molar-refractivity contribution is 0.624. The van der Waals surface area contributed by atoms with E-state index in [-0.39, 0.29) is 11.4 Å². The summed E-state index contributed by atoms with van der Waals surface area (Å²) in [7, 11) is 0. The molecule has 2 N–H and O–H groups in total. The van der Waals surface area contributed by atoms with Crippen molar-refractivity contribution in [1.82, 2.24) is 0 Å². The van der Waals surface area contributed by atoms with E-state index in [1.165, 1.54) is 42.1 Å². The van der Waals surface area contributed by atoms with Gasteiger partial charge in [0.05, 0.1) is 11.6 Å². The Bertz CT molecular complexity index is 650. The van der Waals surface area contributed by atoms with Crippen LogP contribution in [0.2, 0.25) is 0 Å². The Kier molecular flexibility index (Phi) is 4.03. The van der Waals surface area contributed by atoms with E-state index in [2.05, 4.69) is 0 Å². The lowest BCUT2D eigenvalue weighted by atomic mass is 10.1. The molecule has 96 valence electrons. The number of halogens is 2. The monoisotopic (exact) mass is 276 g/mol. The second kappa shape index (κ2) is 5.72. The highest BCUT2D eigenvalue weighted by atomic mass is 32.2. The van der Waals surface area contributed by atoms with Gasteiger partial charge in [0.1, 0.15) is 11.6 Å². The van der Waals surface area contributed by atoms with E-state index in [9.17, 15) is 8.78 Å². The number of hydrogen-bond acceptors (Lipinski definition) is 3. The van der Waals surface area contributed by atoms with E-state index in [0.717, 1.165) is 0 Å². The van der Waals surface area contributed by atoms with E-state index < -0.39 is 5.82 Å². The SMILES string of the molecule is N#Cc1cc(F)ccc1CSc1cc(F)ccc1N. The molecule has 0 aliphatic heterocycles. The van der Waals surface area contributed by atoms with Crippen LogP contribution in [-0.4, -0.2) is 0 Å². The van der Waals surface area contributed by atoms with Crippen LogP contribution in [-0.2, 0) is 5.75 Å². The summed E-state index contributed by atoms with van der Waals surface area (Å²) in [4.78, 5) is 0.605. The molecule has 19 heavy (non-hydrogen) atoms. The summed E-state index contributed by atoms with van der Waals surface area (Å²) in [6.45, 7) is 0. The Morgan fingerprint density at radius 2 is 1.79 bits per heavy atom. The summed E-state index contributed by atoms with van der Waals surface area (Å²) in [6.07, 6.45) is 0. The maximum Gasteiger partial charge on any atom is 0.124 e. The van der Waals surface area contributed by atoms with Gasteiger partial charge in [-0.2, -0.15) is 5.26 Å². The third kappa shape index (κ3) is 3.24. The van der Waals surface area contributed by atoms with Crippen LogP contribution in [0.4, 0.5) is 14.5 Å². The second-order valence-electron chi connectivity index (χ2n) is 3.88. The number of rotatable bonds is 3. The average molecular weight is 276 g/mol. The van der Waals surface area contributed by atoms with Gasteiger partial charge in [0.25, 0.3) is 0 Å². The van der Waals surface area contributed by atoms with E-state index in [1.807, 2.05) is 6.07 Å². The maximum atomic E-state index is 13.1. The number of nitrogen functional groups attached to an aromatic ring is 1. The van der Waals surface area contributed by atoms with Gasteiger partial charge in [0.15, 0.2) is 0 Å². The number of thioether (sulfide) groups is 1. The number of nitriles is 1. The zero-order valence-corrected chi connectivity index (χ0v) is 10.7. The molecule has 0 aromatic heterocycles. The first-order chi connectivity index (χ1) is 9.10. The molecule has 2 aromatic rings. The van der Waals surface area contributed by atoms with Crippen molar-refractivity contribution in [3.8, 4) is 6.07 Å². The second-order valence-corrected chi connectivity index (χ2v) is 4.90. The molecule has 0 heterocycles. The number of hydrogen-bond donors (Lipinski definition) is 1. The summed E-state index contributed by atoms with van der Waals surface area (Å²) >= 11 is 1.31. The Morgan fingerprint density at radius 1 is 1.11 bits per heavy atom. The van der Waals surface area contributed by atoms with E-state index in [1.54, 1.807) is 6.07 Å². The van der Waals surface area contributed by atoms with Crippen LogP contribution in [0.25, 0.3) is 0 Å². The average Bonchev–Trinajstić information content (AvgIpc) is 2.40. The van der Waals surface area contributed by atoms with Crippen molar-refractivity contribution in [3.63, 3.8) is 0 Å². The van der Waals surface area contributed by atoms with E-state index >= 15 is 0 Å². The standard InChI is InChI=1S/C14H10F2N2S/c15-11-2-1-9(10(5-11)7-17)8-19-14-6-12(16)3-4-13(14)18/h1-6H,8,18H2. The summed E-state index contributed by atoms with van der Waals surface area (Å²) < 4.78 is 26.1. The number of benzene rings is 2. The number of nitrogens with two attached hydrogens (primary N) is 1. The van der Waals surface area contributed by atoms with Crippen molar-refractivity contribution in [3.05, 3.63) is 59.2 Å². The van der Waals surface area contributed by atoms with Gasteiger partial charge in [-0.15, -0.1) is 11.8 Å². The molecule has 2 nitrogen and oxygen atoms in total. The first-order valence-corrected chi connectivity index (χ1v) is 6.45. The van der Waals surface area contributed by atoms with Crippen molar-refractivity contribution in [2.24, 2.45) is 0 Å². The van der Waals surface area contributed by atoms with Crippen molar-refractivity contribution in [2.45, 2.75) is 10.6 Å². The quantitative estimate of drug-likeness (QED) is 0.686. The van der Waals surface area contributed by atoms with Gasteiger partial charge in [-0.3, -0.25) is 0 Å². The van der Waals surface area contributed by atoms with Gasteiger partial charge in [0, 0.05) is 16.3 Å². The maximum absolute atomic E-state index is 13.1. The largest absolute Gasteiger partial charge is 0.398 e. The van der Waals surface area contributed by atoms with Crippen LogP contribution < -0.4 is 5.73 Å². The van der Waals surface area contributed by atoms with Gasteiger partial charge >= 0.3 is 0 Å². The fraction of sp³-hybridized carbons (Fsp3) is 0.0714. The summed E-state index contributed by atoms with van der Waals surface area (Å²) in [5.41, 5.74) is 7.19. The topological polar surface area (TPSA) is 49.8 Å². The molecule has 0 aliphatic rings. The Labute approximate surface area is 113 Å². The molecule has 5 heteroatoms. The Balaban J connectivity index is 2.19. The number of anilines is 1. The zero-order valence-electron chi connectivity index (χ0n) is 9.86. The minimum absolute atomic E-state index is 0.280. The first kappa shape index (κ1) is 13.4. The summed E-state index contributed by atoms with van der Waals surface area (Å²) in [5, 5.41) is 8.93. The molecule has 0 atom stereocenters. The van der Waals surface area contributed by atoms with Crippen LogP contribution in [0.15, 0.2) is 41.3 Å². The van der Waals surface area contributed by atoms with Gasteiger partial charge < -0.3 is 5.73 Å². The minimum atomic E-state index is -0.449. The van der Waals surface area contributed by atoms with E-state index in [0.29, 0.717) is 21.9 Å². The van der Waals surface area contributed by atoms with Crippen LogP contribution in [0, 0.1) is 23.0 Å². The fourth-order valence-corrected chi connectivity index (χ4v) is 2.56. The van der Waals surface area contributed by atoms with Crippen LogP contribution in [0.5, 0.6) is 0 Å². The highest BCUT2D eigenvalue weighted by Crippen LogP contribution is 2.29. The third-order valence-electron chi connectivity index (χ3n) is 2.55. The van der Waals surface area contributed by atoms with Crippen molar-refractivity contribution < 1.29 is 8.78 Å². The molecule has 0 radical (unpaired) electrons. The van der Waals surface area contributed by atoms with Crippen molar-refractivity contribution >= 4 is 17.4 Å². The molecular formula is C14H10F2N2S. The highest BCUT2D eigenvalue weighted by molar-refractivity contribution is 7.98. The lowest BCUT2D eigenvalue weighted by Gasteiger charge is -2.07. The fourth-order valence-electron chi connectivity index (χ4n) is 1.57. The van der Waals surface area contributed by atoms with Gasteiger partial charge in [0.2, 0.25) is 0 Å². The van der Waals surface area contributed by atoms with Gasteiger partial charge in [-0.25, -0.2) is 8.78 Å². The van der Waals surface area contributed by atoms with Crippen molar-refractivity contribution in [1.29, 1.82) is 5.26 Å². The van der Waals surface area contributed by atoms with E-state index in [4.69, 9.17) is 11.0 Å². The summed E-state index contributed by atoms with van der Waals surface area (Å²) in [6, 6.07) is 10.1. The van der Waals surface area contributed by atoms with Crippen LogP contribution >= 0.6 is 11.8 Å². The normalized spacial score (nSPS) is 10.2. The van der Waals surface area contributed by atoms with Gasteiger partial charge in [-0.05, 0) is 35.9 Å². The molecule has 0 unspecified atom stereocenters. The number of nitrogens with zero attached hydrogens (tertiary/aromatic N) is 1.